The normalized spacial score (nSPS) is 10.8. The van der Waals surface area contributed by atoms with E-state index in [1.54, 1.807) is 11.3 Å². The van der Waals surface area contributed by atoms with Crippen molar-refractivity contribution in [2.24, 2.45) is 0 Å². The van der Waals surface area contributed by atoms with Gasteiger partial charge < -0.3 is 5.32 Å². The third-order valence-electron chi connectivity index (χ3n) is 4.35. The summed E-state index contributed by atoms with van der Waals surface area (Å²) >= 11 is 3.16. The number of allylic oxidation sites excluding steroid dienone is 1. The van der Waals surface area contributed by atoms with Crippen LogP contribution in [-0.2, 0) is 24.2 Å². The zero-order valence-electron chi connectivity index (χ0n) is 16.6. The highest BCUT2D eigenvalue weighted by molar-refractivity contribution is 7.99. The second-order valence-corrected chi connectivity index (χ2v) is 8.57. The number of rotatable bonds is 11. The zero-order valence-corrected chi connectivity index (χ0v) is 18.3. The second-order valence-electron chi connectivity index (χ2n) is 6.63. The molecule has 0 atom stereocenters. The van der Waals surface area contributed by atoms with Crippen LogP contribution >= 0.6 is 23.1 Å². The van der Waals surface area contributed by atoms with Crippen LogP contribution in [0.2, 0.25) is 0 Å². The zero-order chi connectivity index (χ0) is 20.5. The van der Waals surface area contributed by atoms with Crippen LogP contribution < -0.4 is 5.32 Å². The van der Waals surface area contributed by atoms with Crippen LogP contribution in [0.3, 0.4) is 0 Å². The van der Waals surface area contributed by atoms with Crippen molar-refractivity contribution >= 4 is 29.0 Å². The smallest absolute Gasteiger partial charge is 0.230 e. The maximum Gasteiger partial charge on any atom is 0.230 e. The Kier molecular flexibility index (Phi) is 8.07. The number of hydrogen-bond donors (Lipinski definition) is 1. The molecule has 0 unspecified atom stereocenters. The number of thiophene rings is 1. The van der Waals surface area contributed by atoms with Crippen molar-refractivity contribution in [2.75, 3.05) is 12.3 Å². The monoisotopic (exact) mass is 426 g/mol. The first-order chi connectivity index (χ1) is 14.2. The Morgan fingerprint density at radius 1 is 1.28 bits per heavy atom. The number of nitrogens with one attached hydrogen (secondary N) is 1. The van der Waals surface area contributed by atoms with E-state index in [0.717, 1.165) is 35.8 Å². The van der Waals surface area contributed by atoms with Crippen LogP contribution in [0.4, 0.5) is 0 Å². The summed E-state index contributed by atoms with van der Waals surface area (Å²) in [6, 6.07) is 12.3. The van der Waals surface area contributed by atoms with E-state index in [2.05, 4.69) is 52.6 Å². The van der Waals surface area contributed by atoms with Gasteiger partial charge in [0.1, 0.15) is 0 Å². The van der Waals surface area contributed by atoms with Crippen LogP contribution in [0.5, 0.6) is 0 Å². The predicted molar refractivity (Wildman–Crippen MR) is 121 cm³/mol. The minimum absolute atomic E-state index is 0.00130. The molecule has 2 aromatic heterocycles. The number of carbonyl (C=O) groups is 1. The van der Waals surface area contributed by atoms with Gasteiger partial charge in [0.25, 0.3) is 0 Å². The lowest BCUT2D eigenvalue weighted by atomic mass is 10.1. The van der Waals surface area contributed by atoms with Gasteiger partial charge in [-0.05, 0) is 24.5 Å². The molecule has 0 fully saturated rings. The van der Waals surface area contributed by atoms with E-state index in [1.807, 2.05) is 28.8 Å². The fourth-order valence-corrected chi connectivity index (χ4v) is 4.70. The molecule has 0 aliphatic carbocycles. The van der Waals surface area contributed by atoms with E-state index < -0.39 is 0 Å². The molecule has 0 saturated heterocycles. The molecule has 1 N–H and O–H groups in total. The molecule has 5 nitrogen and oxygen atoms in total. The van der Waals surface area contributed by atoms with Crippen molar-refractivity contribution in [1.29, 1.82) is 0 Å². The van der Waals surface area contributed by atoms with Gasteiger partial charge >= 0.3 is 0 Å². The maximum absolute atomic E-state index is 12.2. The lowest BCUT2D eigenvalue weighted by Crippen LogP contribution is -2.27. The van der Waals surface area contributed by atoms with Gasteiger partial charge in [-0.15, -0.1) is 28.1 Å². The van der Waals surface area contributed by atoms with Crippen molar-refractivity contribution in [1.82, 2.24) is 20.1 Å². The number of nitrogens with zero attached hydrogens (tertiary/aromatic N) is 3. The van der Waals surface area contributed by atoms with Crippen LogP contribution in [0.25, 0.3) is 11.4 Å². The number of benzene rings is 1. The van der Waals surface area contributed by atoms with Crippen LogP contribution in [0.15, 0.2) is 59.6 Å². The first-order valence-electron chi connectivity index (χ1n) is 9.76. The van der Waals surface area contributed by atoms with Gasteiger partial charge in [-0.25, -0.2) is 0 Å². The highest BCUT2D eigenvalue weighted by Crippen LogP contribution is 2.28. The molecule has 0 spiro atoms. The minimum Gasteiger partial charge on any atom is -0.355 e. The van der Waals surface area contributed by atoms with Gasteiger partial charge in [0, 0.05) is 28.9 Å². The van der Waals surface area contributed by atoms with Gasteiger partial charge in [-0.2, -0.15) is 0 Å². The molecule has 152 valence electrons. The van der Waals surface area contributed by atoms with Gasteiger partial charge in [0.05, 0.1) is 5.75 Å². The summed E-state index contributed by atoms with van der Waals surface area (Å²) in [6.07, 6.45) is 4.85. The molecule has 1 aromatic carbocycles. The first-order valence-corrected chi connectivity index (χ1v) is 11.6. The second kappa shape index (κ2) is 11.0. The highest BCUT2D eigenvalue weighted by atomic mass is 32.2. The van der Waals surface area contributed by atoms with E-state index in [1.165, 1.54) is 22.2 Å². The van der Waals surface area contributed by atoms with Gasteiger partial charge in [-0.1, -0.05) is 61.5 Å². The summed E-state index contributed by atoms with van der Waals surface area (Å²) in [6.45, 7) is 7.27. The van der Waals surface area contributed by atoms with Crippen LogP contribution in [-0.4, -0.2) is 33.0 Å². The van der Waals surface area contributed by atoms with Crippen molar-refractivity contribution in [3.63, 3.8) is 0 Å². The minimum atomic E-state index is 0.00130. The van der Waals surface area contributed by atoms with Crippen molar-refractivity contribution in [2.45, 2.75) is 37.9 Å². The topological polar surface area (TPSA) is 59.8 Å². The molecular formula is C22H26N4OS2. The average Bonchev–Trinajstić information content (AvgIpc) is 3.35. The quantitative estimate of drug-likeness (QED) is 0.360. The fourth-order valence-electron chi connectivity index (χ4n) is 2.95. The number of amides is 1. The maximum atomic E-state index is 12.2. The number of hydrogen-bond acceptors (Lipinski definition) is 5. The SMILES string of the molecule is C=CCn1c(SCC(=O)NCCc2ccccc2)nnc1-c1csc(CCC)c1. The van der Waals surface area contributed by atoms with Crippen molar-refractivity contribution < 1.29 is 4.79 Å². The molecule has 7 heteroatoms. The molecule has 3 aromatic rings. The van der Waals surface area contributed by atoms with Gasteiger partial charge in [-0.3, -0.25) is 9.36 Å². The average molecular weight is 427 g/mol. The van der Waals surface area contributed by atoms with Gasteiger partial charge in [0.15, 0.2) is 11.0 Å². The number of thioether (sulfide) groups is 1. The van der Waals surface area contributed by atoms with Crippen molar-refractivity contribution in [3.8, 4) is 11.4 Å². The summed E-state index contributed by atoms with van der Waals surface area (Å²) in [5.74, 6) is 1.14. The van der Waals surface area contributed by atoms with E-state index in [-0.39, 0.29) is 5.91 Å². The van der Waals surface area contributed by atoms with Crippen LogP contribution in [0.1, 0.15) is 23.8 Å². The lowest BCUT2D eigenvalue weighted by Gasteiger charge is -2.07. The molecule has 0 bridgehead atoms. The Bertz CT molecular complexity index is 933. The number of carbonyl (C=O) groups excluding carboxylic acids is 1. The summed E-state index contributed by atoms with van der Waals surface area (Å²) in [7, 11) is 0. The third kappa shape index (κ3) is 6.05. The van der Waals surface area contributed by atoms with Crippen LogP contribution in [0, 0.1) is 0 Å². The van der Waals surface area contributed by atoms with E-state index in [4.69, 9.17) is 0 Å². The van der Waals surface area contributed by atoms with E-state index >= 15 is 0 Å². The number of aryl methyl sites for hydroxylation is 1. The summed E-state index contributed by atoms with van der Waals surface area (Å²) in [4.78, 5) is 13.6. The Balaban J connectivity index is 1.57. The Labute approximate surface area is 180 Å². The molecule has 1 amide bonds. The fraction of sp³-hybridized carbons (Fsp3) is 0.318. The molecule has 0 radical (unpaired) electrons. The van der Waals surface area contributed by atoms with E-state index in [0.29, 0.717) is 18.8 Å². The number of aromatic nitrogens is 3. The summed E-state index contributed by atoms with van der Waals surface area (Å²) < 4.78 is 2.02. The molecule has 29 heavy (non-hydrogen) atoms. The summed E-state index contributed by atoms with van der Waals surface area (Å²) in [5.41, 5.74) is 2.29. The predicted octanol–water partition coefficient (Wildman–Crippen LogP) is 4.60. The largest absolute Gasteiger partial charge is 0.355 e. The molecule has 3 rings (SSSR count). The van der Waals surface area contributed by atoms with Gasteiger partial charge in [0.2, 0.25) is 5.91 Å². The third-order valence-corrected chi connectivity index (χ3v) is 6.31. The summed E-state index contributed by atoms with van der Waals surface area (Å²) in [5, 5.41) is 14.5. The molecule has 0 aliphatic rings. The highest BCUT2D eigenvalue weighted by Gasteiger charge is 2.16. The Hall–Kier alpha value is -2.38. The molecular weight excluding hydrogens is 400 g/mol. The molecule has 0 aliphatic heterocycles. The Morgan fingerprint density at radius 3 is 2.86 bits per heavy atom. The molecule has 2 heterocycles. The van der Waals surface area contributed by atoms with E-state index in [9.17, 15) is 4.79 Å². The first kappa shape index (κ1) is 21.3. The molecule has 0 saturated carbocycles. The Morgan fingerprint density at radius 2 is 2.10 bits per heavy atom. The van der Waals surface area contributed by atoms with Crippen molar-refractivity contribution in [3.05, 3.63) is 64.9 Å². The standard InChI is InChI=1S/C22H26N4OS2/c1-3-8-19-14-18(15-28-19)21-24-25-22(26(21)13-4-2)29-16-20(27)23-12-11-17-9-6-5-7-10-17/h4-7,9-10,14-15H,2-3,8,11-13,16H2,1H3,(H,23,27). The lowest BCUT2D eigenvalue weighted by molar-refractivity contribution is -0.118.